The Bertz CT molecular complexity index is 1120. The van der Waals surface area contributed by atoms with Gasteiger partial charge in [-0.25, -0.2) is 9.97 Å². The van der Waals surface area contributed by atoms with E-state index in [4.69, 9.17) is 5.26 Å². The average molecular weight is 482 g/mol. The molecule has 168 valence electrons. The van der Waals surface area contributed by atoms with Crippen molar-refractivity contribution in [1.82, 2.24) is 14.9 Å². The summed E-state index contributed by atoms with van der Waals surface area (Å²) in [6, 6.07) is 9.73. The summed E-state index contributed by atoms with van der Waals surface area (Å²) < 4.78 is 40.2. The third-order valence-corrected chi connectivity index (χ3v) is 5.55. The Morgan fingerprint density at radius 2 is 1.97 bits per heavy atom. The molecule has 2 amide bonds. The lowest BCUT2D eigenvalue weighted by Crippen LogP contribution is -2.15. The Kier molecular flexibility index (Phi) is 8.56. The molecule has 2 heterocycles. The predicted octanol–water partition coefficient (Wildman–Crippen LogP) is 4.33. The van der Waals surface area contributed by atoms with Gasteiger partial charge in [0, 0.05) is 19.8 Å². The number of hydrogen-bond acceptors (Lipinski definition) is 7. The molecule has 0 radical (unpaired) electrons. The van der Waals surface area contributed by atoms with Crippen molar-refractivity contribution >= 4 is 50.8 Å². The second-order valence-corrected chi connectivity index (χ2v) is 8.49. The number of anilines is 1. The normalized spacial score (nSPS) is 10.7. The van der Waals surface area contributed by atoms with Crippen LogP contribution in [0.2, 0.25) is 0 Å². The zero-order chi connectivity index (χ0) is 23.9. The lowest BCUT2D eigenvalue weighted by Gasteiger charge is -2.12. The zero-order valence-electron chi connectivity index (χ0n) is 17.2. The van der Waals surface area contributed by atoms with Crippen molar-refractivity contribution in [3.63, 3.8) is 0 Å². The number of halogens is 3. The van der Waals surface area contributed by atoms with Crippen molar-refractivity contribution in [3.8, 4) is 6.07 Å². The lowest BCUT2D eigenvalue weighted by molar-refractivity contribution is -0.138. The van der Waals surface area contributed by atoms with Crippen LogP contribution in [0.1, 0.15) is 16.8 Å². The fourth-order valence-electron chi connectivity index (χ4n) is 2.30. The number of rotatable bonds is 5. The van der Waals surface area contributed by atoms with Crippen LogP contribution in [0.15, 0.2) is 35.4 Å². The third-order valence-electron chi connectivity index (χ3n) is 3.62. The van der Waals surface area contributed by atoms with Crippen molar-refractivity contribution < 1.29 is 22.8 Å². The summed E-state index contributed by atoms with van der Waals surface area (Å²) in [7, 11) is 3.38. The number of thiazole rings is 1. The highest BCUT2D eigenvalue weighted by Crippen LogP contribution is 2.36. The highest BCUT2D eigenvalue weighted by molar-refractivity contribution is 8.00. The first-order chi connectivity index (χ1) is 15.0. The molecule has 0 saturated heterocycles. The number of thioether (sulfide) groups is 1. The molecular formula is C20H18F3N5O2S2. The molecule has 0 spiro atoms. The number of fused-ring (bicyclic) bond motifs is 1. The van der Waals surface area contributed by atoms with Crippen LogP contribution in [0.4, 0.5) is 18.3 Å². The van der Waals surface area contributed by atoms with Crippen LogP contribution in [0.25, 0.3) is 10.2 Å². The van der Waals surface area contributed by atoms with E-state index in [0.717, 1.165) is 34.5 Å². The highest BCUT2D eigenvalue weighted by Gasteiger charge is 2.35. The largest absolute Gasteiger partial charge is 0.417 e. The number of hydrogen-bond donors (Lipinski definition) is 1. The van der Waals surface area contributed by atoms with Crippen LogP contribution < -0.4 is 5.32 Å². The van der Waals surface area contributed by atoms with E-state index >= 15 is 0 Å². The predicted molar refractivity (Wildman–Crippen MR) is 117 cm³/mol. The molecule has 0 unspecified atom stereocenters. The van der Waals surface area contributed by atoms with Crippen LogP contribution in [0.3, 0.4) is 0 Å². The molecule has 3 rings (SSSR count). The molecule has 12 heteroatoms. The first-order valence-corrected chi connectivity index (χ1v) is 10.7. The minimum Gasteiger partial charge on any atom is -0.351 e. The zero-order valence-corrected chi connectivity index (χ0v) is 18.9. The highest BCUT2D eigenvalue weighted by atomic mass is 32.2. The molecule has 0 aliphatic rings. The Morgan fingerprint density at radius 3 is 2.53 bits per heavy atom. The molecule has 1 N–H and O–H groups in total. The van der Waals surface area contributed by atoms with E-state index in [1.54, 1.807) is 20.2 Å². The van der Waals surface area contributed by atoms with E-state index in [2.05, 4.69) is 15.3 Å². The van der Waals surface area contributed by atoms with Gasteiger partial charge in [-0.15, -0.1) is 0 Å². The van der Waals surface area contributed by atoms with E-state index in [0.29, 0.717) is 5.13 Å². The van der Waals surface area contributed by atoms with Gasteiger partial charge in [-0.1, -0.05) is 35.2 Å². The van der Waals surface area contributed by atoms with Crippen LogP contribution in [0.5, 0.6) is 0 Å². The summed E-state index contributed by atoms with van der Waals surface area (Å²) in [4.78, 5) is 31.2. The standard InChI is InChI=1S/C17H11F3N4OS2.C3H7NO/c1-9-6-11(17(18,19)20)10(7-21)15(22-9)26-8-14(25)24-16-23-12-4-2-3-5-13(12)27-16;1-4(2)3-5/h2-6H,8H2,1H3,(H,23,24,25);3H,1-2H3. The van der Waals surface area contributed by atoms with Crippen LogP contribution in [-0.4, -0.2) is 47.0 Å². The van der Waals surface area contributed by atoms with Crippen LogP contribution in [0, 0.1) is 18.3 Å². The second kappa shape index (κ2) is 10.9. The number of nitrogens with one attached hydrogen (secondary N) is 1. The van der Waals surface area contributed by atoms with Gasteiger partial charge in [-0.3, -0.25) is 9.59 Å². The summed E-state index contributed by atoms with van der Waals surface area (Å²) in [5.41, 5.74) is -0.764. The quantitative estimate of drug-likeness (QED) is 0.430. The monoisotopic (exact) mass is 481 g/mol. The Labute approximate surface area is 190 Å². The molecule has 0 saturated carbocycles. The molecule has 0 aliphatic heterocycles. The number of nitrogens with zero attached hydrogens (tertiary/aromatic N) is 4. The second-order valence-electron chi connectivity index (χ2n) is 6.49. The molecule has 0 aliphatic carbocycles. The number of carbonyl (C=O) groups is 2. The van der Waals surface area contributed by atoms with Crippen LogP contribution in [-0.2, 0) is 15.8 Å². The maximum Gasteiger partial charge on any atom is 0.417 e. The maximum atomic E-state index is 13.1. The fourth-order valence-corrected chi connectivity index (χ4v) is 4.03. The van der Waals surface area contributed by atoms with Gasteiger partial charge in [0.15, 0.2) is 5.13 Å². The summed E-state index contributed by atoms with van der Waals surface area (Å²) >= 11 is 2.08. The molecule has 0 bridgehead atoms. The molecular weight excluding hydrogens is 463 g/mol. The first-order valence-electron chi connectivity index (χ1n) is 8.94. The minimum atomic E-state index is -4.67. The average Bonchev–Trinajstić information content (AvgIpc) is 3.13. The Balaban J connectivity index is 0.000000654. The van der Waals surface area contributed by atoms with Gasteiger partial charge in [-0.05, 0) is 25.1 Å². The first kappa shape index (κ1) is 25.1. The Hall–Kier alpha value is -3.17. The van der Waals surface area contributed by atoms with Crippen molar-refractivity contribution in [2.75, 3.05) is 25.2 Å². The molecule has 0 atom stereocenters. The number of amides is 2. The minimum absolute atomic E-state index is 0.121. The van der Waals surface area contributed by atoms with Gasteiger partial charge in [0.1, 0.15) is 11.1 Å². The van der Waals surface area contributed by atoms with E-state index in [1.165, 1.54) is 23.2 Å². The number of pyridine rings is 1. The summed E-state index contributed by atoms with van der Waals surface area (Å²) in [6.07, 6.45) is -3.92. The summed E-state index contributed by atoms with van der Waals surface area (Å²) in [5.74, 6) is -0.641. The summed E-state index contributed by atoms with van der Waals surface area (Å²) in [5, 5.41) is 12.0. The van der Waals surface area contributed by atoms with Gasteiger partial charge in [0.25, 0.3) is 0 Å². The molecule has 7 nitrogen and oxygen atoms in total. The number of aromatic nitrogens is 2. The van der Waals surface area contributed by atoms with Gasteiger partial charge in [0.2, 0.25) is 12.3 Å². The number of aryl methyl sites for hydroxylation is 1. The third kappa shape index (κ3) is 6.93. The molecule has 0 fully saturated rings. The number of alkyl halides is 3. The van der Waals surface area contributed by atoms with Crippen molar-refractivity contribution in [1.29, 1.82) is 5.26 Å². The number of benzene rings is 1. The number of para-hydroxylation sites is 1. The number of carbonyl (C=O) groups excluding carboxylic acids is 2. The van der Waals surface area contributed by atoms with Gasteiger partial charge >= 0.3 is 6.18 Å². The molecule has 2 aromatic heterocycles. The van der Waals surface area contributed by atoms with Crippen molar-refractivity contribution in [3.05, 3.63) is 47.2 Å². The van der Waals surface area contributed by atoms with Crippen molar-refractivity contribution in [2.24, 2.45) is 0 Å². The van der Waals surface area contributed by atoms with Gasteiger partial charge < -0.3 is 10.2 Å². The maximum absolute atomic E-state index is 13.1. The molecule has 32 heavy (non-hydrogen) atoms. The van der Waals surface area contributed by atoms with Crippen molar-refractivity contribution in [2.45, 2.75) is 18.1 Å². The van der Waals surface area contributed by atoms with Gasteiger partial charge in [0.05, 0.1) is 27.1 Å². The number of nitriles is 1. The van der Waals surface area contributed by atoms with E-state index < -0.39 is 23.2 Å². The topological polar surface area (TPSA) is 99.0 Å². The van der Waals surface area contributed by atoms with E-state index in [1.807, 2.05) is 24.3 Å². The fraction of sp³-hybridized carbons (Fsp3) is 0.250. The SMILES string of the molecule is CN(C)C=O.Cc1cc(C(F)(F)F)c(C#N)c(SCC(=O)Nc2nc3ccccc3s2)n1. The van der Waals surface area contributed by atoms with E-state index in [-0.39, 0.29) is 16.5 Å². The lowest BCUT2D eigenvalue weighted by atomic mass is 10.1. The molecule has 3 aromatic rings. The smallest absolute Gasteiger partial charge is 0.351 e. The van der Waals surface area contributed by atoms with E-state index in [9.17, 15) is 22.8 Å². The molecule has 1 aromatic carbocycles. The van der Waals surface area contributed by atoms with Gasteiger partial charge in [-0.2, -0.15) is 18.4 Å². The summed E-state index contributed by atoms with van der Waals surface area (Å²) in [6.45, 7) is 1.40. The Morgan fingerprint density at radius 1 is 1.31 bits per heavy atom. The van der Waals surface area contributed by atoms with Crippen LogP contribution >= 0.6 is 23.1 Å².